The molecule has 198 valence electrons. The van der Waals surface area contributed by atoms with Crippen molar-refractivity contribution < 1.29 is 24.2 Å². The number of aliphatic hydroxyl groups is 1. The Morgan fingerprint density at radius 3 is 2.45 bits per heavy atom. The zero-order valence-electron chi connectivity index (χ0n) is 21.7. The van der Waals surface area contributed by atoms with E-state index in [4.69, 9.17) is 9.47 Å². The Hall–Kier alpha value is -3.95. The van der Waals surface area contributed by atoms with Crippen LogP contribution in [0.25, 0.3) is 11.4 Å². The molecule has 5 rings (SSSR count). The summed E-state index contributed by atoms with van der Waals surface area (Å²) in [6, 6.07) is 16.1. The van der Waals surface area contributed by atoms with Gasteiger partial charge in [-0.3, -0.25) is 14.5 Å². The van der Waals surface area contributed by atoms with Gasteiger partial charge in [-0.05, 0) is 43.7 Å². The third kappa shape index (κ3) is 4.94. The van der Waals surface area contributed by atoms with E-state index in [1.807, 2.05) is 68.4 Å². The van der Waals surface area contributed by atoms with Crippen molar-refractivity contribution in [3.8, 4) is 11.4 Å². The lowest BCUT2D eigenvalue weighted by atomic mass is 9.95. The second-order valence-corrected chi connectivity index (χ2v) is 9.34. The van der Waals surface area contributed by atoms with E-state index in [2.05, 4.69) is 10.00 Å². The van der Waals surface area contributed by atoms with Gasteiger partial charge in [-0.1, -0.05) is 30.3 Å². The van der Waals surface area contributed by atoms with Gasteiger partial charge >= 0.3 is 0 Å². The number of benzene rings is 2. The predicted molar refractivity (Wildman–Crippen MR) is 142 cm³/mol. The lowest BCUT2D eigenvalue weighted by Gasteiger charge is -2.31. The van der Waals surface area contributed by atoms with E-state index in [0.717, 1.165) is 24.3 Å². The van der Waals surface area contributed by atoms with Crippen LogP contribution in [0.4, 0.5) is 0 Å². The minimum atomic E-state index is -0.730. The largest absolute Gasteiger partial charge is 0.507 e. The SMILES string of the molecule is CCOc1ccc([C@H]2C(=C(O)c3cnn(-c4ccccc4)c3C)C(=O)C(=O)N2CCN2CCOCC2)cc1. The maximum atomic E-state index is 13.4. The summed E-state index contributed by atoms with van der Waals surface area (Å²) in [5.41, 5.74) is 2.70. The van der Waals surface area contributed by atoms with E-state index in [1.54, 1.807) is 9.58 Å². The topological polar surface area (TPSA) is 97.1 Å². The molecule has 1 aromatic heterocycles. The molecule has 1 atom stereocenters. The Morgan fingerprint density at radius 1 is 1.05 bits per heavy atom. The predicted octanol–water partition coefficient (Wildman–Crippen LogP) is 3.33. The molecule has 2 aliphatic rings. The number of para-hydroxylation sites is 1. The number of morpholine rings is 1. The van der Waals surface area contributed by atoms with E-state index >= 15 is 0 Å². The summed E-state index contributed by atoms with van der Waals surface area (Å²) in [7, 11) is 0. The van der Waals surface area contributed by atoms with E-state index in [-0.39, 0.29) is 11.3 Å². The summed E-state index contributed by atoms with van der Waals surface area (Å²) in [6.07, 6.45) is 1.54. The highest BCUT2D eigenvalue weighted by molar-refractivity contribution is 6.46. The highest BCUT2D eigenvalue weighted by Crippen LogP contribution is 2.40. The zero-order valence-corrected chi connectivity index (χ0v) is 21.7. The average Bonchev–Trinajstić information content (AvgIpc) is 3.45. The van der Waals surface area contributed by atoms with Crippen molar-refractivity contribution in [2.45, 2.75) is 19.9 Å². The van der Waals surface area contributed by atoms with E-state index < -0.39 is 17.7 Å². The molecule has 38 heavy (non-hydrogen) atoms. The molecule has 3 aromatic rings. The Bertz CT molecular complexity index is 1330. The van der Waals surface area contributed by atoms with Gasteiger partial charge in [0.15, 0.2) is 0 Å². The number of hydrogen-bond donors (Lipinski definition) is 1. The molecule has 3 heterocycles. The normalized spacial score (nSPS) is 19.7. The number of amides is 1. The van der Waals surface area contributed by atoms with E-state index in [0.29, 0.717) is 49.9 Å². The molecule has 2 aromatic carbocycles. The lowest BCUT2D eigenvalue weighted by Crippen LogP contribution is -2.42. The molecule has 0 spiro atoms. The number of likely N-dealkylation sites (tertiary alicyclic amines) is 1. The second kappa shape index (κ2) is 11.2. The number of rotatable bonds is 8. The monoisotopic (exact) mass is 516 g/mol. The molecule has 9 heteroatoms. The summed E-state index contributed by atoms with van der Waals surface area (Å²) in [5, 5.41) is 16.0. The molecule has 2 fully saturated rings. The van der Waals surface area contributed by atoms with E-state index in [9.17, 15) is 14.7 Å². The fraction of sp³-hybridized carbons (Fsp3) is 0.345. The Balaban J connectivity index is 1.54. The molecule has 1 N–H and O–H groups in total. The van der Waals surface area contributed by atoms with Gasteiger partial charge in [0, 0.05) is 26.2 Å². The standard InChI is InChI=1S/C29H32N4O5/c1-3-38-23-11-9-21(10-12-23)26-25(28(35)29(36)32(26)14-13-31-15-17-37-18-16-31)27(34)24-19-30-33(20(24)2)22-7-5-4-6-8-22/h4-12,19,26,34H,3,13-18H2,1-2H3/t26-/m0/s1. The number of ether oxygens (including phenoxy) is 2. The minimum Gasteiger partial charge on any atom is -0.507 e. The zero-order chi connectivity index (χ0) is 26.6. The van der Waals surface area contributed by atoms with Crippen LogP contribution in [0, 0.1) is 6.92 Å². The van der Waals surface area contributed by atoms with Crippen LogP contribution in [0.3, 0.4) is 0 Å². The molecular formula is C29H32N4O5. The first-order valence-corrected chi connectivity index (χ1v) is 12.9. The first-order valence-electron chi connectivity index (χ1n) is 12.9. The number of hydrogen-bond acceptors (Lipinski definition) is 7. The number of aromatic nitrogens is 2. The maximum Gasteiger partial charge on any atom is 0.295 e. The number of carbonyl (C=O) groups is 2. The summed E-state index contributed by atoms with van der Waals surface area (Å²) in [4.78, 5) is 30.5. The molecule has 2 saturated heterocycles. The molecule has 0 aliphatic carbocycles. The number of nitrogens with zero attached hydrogens (tertiary/aromatic N) is 4. The van der Waals surface area contributed by atoms with Gasteiger partial charge in [-0.2, -0.15) is 5.10 Å². The van der Waals surface area contributed by atoms with Crippen LogP contribution >= 0.6 is 0 Å². The number of aliphatic hydroxyl groups excluding tert-OH is 1. The van der Waals surface area contributed by atoms with E-state index in [1.165, 1.54) is 6.20 Å². The van der Waals surface area contributed by atoms with Crippen LogP contribution < -0.4 is 4.74 Å². The second-order valence-electron chi connectivity index (χ2n) is 9.34. The molecule has 0 unspecified atom stereocenters. The number of Topliss-reactive ketones (excluding diaryl/α,β-unsaturated/α-hetero) is 1. The van der Waals surface area contributed by atoms with Crippen LogP contribution in [-0.2, 0) is 14.3 Å². The van der Waals surface area contributed by atoms with Gasteiger partial charge in [0.2, 0.25) is 0 Å². The lowest BCUT2D eigenvalue weighted by molar-refractivity contribution is -0.140. The summed E-state index contributed by atoms with van der Waals surface area (Å²) >= 11 is 0. The third-order valence-corrected chi connectivity index (χ3v) is 7.07. The minimum absolute atomic E-state index is 0.0665. The van der Waals surface area contributed by atoms with Gasteiger partial charge in [0.1, 0.15) is 11.5 Å². The van der Waals surface area contributed by atoms with Crippen molar-refractivity contribution in [2.24, 2.45) is 0 Å². The van der Waals surface area contributed by atoms with Crippen molar-refractivity contribution in [1.82, 2.24) is 19.6 Å². The average molecular weight is 517 g/mol. The summed E-state index contributed by atoms with van der Waals surface area (Å²) in [5.74, 6) is -0.848. The van der Waals surface area contributed by atoms with Crippen LogP contribution in [0.15, 0.2) is 66.4 Å². The molecular weight excluding hydrogens is 484 g/mol. The Labute approximate surface area is 221 Å². The Morgan fingerprint density at radius 2 is 1.76 bits per heavy atom. The van der Waals surface area contributed by atoms with Crippen LogP contribution in [0.2, 0.25) is 0 Å². The maximum absolute atomic E-state index is 13.4. The Kier molecular flexibility index (Phi) is 7.57. The molecule has 0 bridgehead atoms. The third-order valence-electron chi connectivity index (χ3n) is 7.07. The van der Waals surface area contributed by atoms with Crippen LogP contribution in [0.1, 0.15) is 29.8 Å². The highest BCUT2D eigenvalue weighted by Gasteiger charge is 2.46. The van der Waals surface area contributed by atoms with Gasteiger partial charge < -0.3 is 19.5 Å². The van der Waals surface area contributed by atoms with Crippen molar-refractivity contribution >= 4 is 17.4 Å². The van der Waals surface area contributed by atoms with Crippen molar-refractivity contribution in [3.63, 3.8) is 0 Å². The molecule has 2 aliphatic heterocycles. The highest BCUT2D eigenvalue weighted by atomic mass is 16.5. The first-order chi connectivity index (χ1) is 18.5. The summed E-state index contributed by atoms with van der Waals surface area (Å²) in [6.45, 7) is 8.06. The van der Waals surface area contributed by atoms with Crippen LogP contribution in [0.5, 0.6) is 5.75 Å². The van der Waals surface area contributed by atoms with Gasteiger partial charge in [0.05, 0.1) is 54.6 Å². The first kappa shape index (κ1) is 25.7. The van der Waals surface area contributed by atoms with Gasteiger partial charge in [-0.25, -0.2) is 4.68 Å². The van der Waals surface area contributed by atoms with Gasteiger partial charge in [0.25, 0.3) is 11.7 Å². The number of ketones is 1. The van der Waals surface area contributed by atoms with Crippen molar-refractivity contribution in [1.29, 1.82) is 0 Å². The van der Waals surface area contributed by atoms with Crippen molar-refractivity contribution in [3.05, 3.63) is 83.2 Å². The fourth-order valence-corrected chi connectivity index (χ4v) is 5.06. The smallest absolute Gasteiger partial charge is 0.295 e. The van der Waals surface area contributed by atoms with Crippen molar-refractivity contribution in [2.75, 3.05) is 46.0 Å². The molecule has 0 radical (unpaired) electrons. The molecule has 0 saturated carbocycles. The molecule has 1 amide bonds. The van der Waals surface area contributed by atoms with Crippen LogP contribution in [-0.4, -0.2) is 82.4 Å². The fourth-order valence-electron chi connectivity index (χ4n) is 5.06. The van der Waals surface area contributed by atoms with Gasteiger partial charge in [-0.15, -0.1) is 0 Å². The number of carbonyl (C=O) groups excluding carboxylic acids is 2. The molecule has 9 nitrogen and oxygen atoms in total. The summed E-state index contributed by atoms with van der Waals surface area (Å²) < 4.78 is 12.7. The quantitative estimate of drug-likeness (QED) is 0.279.